The number of benzene rings is 1. The lowest BCUT2D eigenvalue weighted by Gasteiger charge is -2.11. The number of amidine groups is 1. The summed E-state index contributed by atoms with van der Waals surface area (Å²) in [6.07, 6.45) is 13.9. The number of aryl methyl sites for hydroxylation is 1. The van der Waals surface area contributed by atoms with Crippen LogP contribution >= 0.6 is 0 Å². The van der Waals surface area contributed by atoms with E-state index in [1.807, 2.05) is 25.4 Å². The second kappa shape index (κ2) is 8.42. The average molecular weight is 396 g/mol. The van der Waals surface area contributed by atoms with Gasteiger partial charge in [-0.15, -0.1) is 11.5 Å². The van der Waals surface area contributed by atoms with E-state index < -0.39 is 0 Å². The number of nitrogens with one attached hydrogen (secondary N) is 1. The molecule has 0 bridgehead atoms. The zero-order chi connectivity index (χ0) is 21.0. The third-order valence-electron chi connectivity index (χ3n) is 5.42. The Kier molecular flexibility index (Phi) is 5.53. The van der Waals surface area contributed by atoms with Crippen molar-refractivity contribution in [2.24, 2.45) is 26.2 Å². The fourth-order valence-corrected chi connectivity index (χ4v) is 3.59. The molecule has 0 amide bonds. The van der Waals surface area contributed by atoms with Crippen molar-refractivity contribution in [3.63, 3.8) is 0 Å². The molecule has 6 nitrogen and oxygen atoms in total. The quantitative estimate of drug-likeness (QED) is 0.247. The highest BCUT2D eigenvalue weighted by molar-refractivity contribution is 5.98. The van der Waals surface area contributed by atoms with Gasteiger partial charge in [-0.1, -0.05) is 24.6 Å². The monoisotopic (exact) mass is 396 g/mol. The molecular formula is C24H24N6. The van der Waals surface area contributed by atoms with Gasteiger partial charge in [0.25, 0.3) is 0 Å². The summed E-state index contributed by atoms with van der Waals surface area (Å²) in [7, 11) is 0. The topological polar surface area (TPSA) is 74.4 Å². The molecule has 30 heavy (non-hydrogen) atoms. The van der Waals surface area contributed by atoms with E-state index in [1.54, 1.807) is 6.20 Å². The summed E-state index contributed by atoms with van der Waals surface area (Å²) in [6, 6.07) is 10.4. The molecule has 4 rings (SSSR count). The van der Waals surface area contributed by atoms with E-state index >= 15 is 0 Å². The van der Waals surface area contributed by atoms with Crippen LogP contribution in [-0.4, -0.2) is 29.1 Å². The van der Waals surface area contributed by atoms with Crippen LogP contribution in [-0.2, 0) is 6.42 Å². The van der Waals surface area contributed by atoms with Crippen LogP contribution in [0.5, 0.6) is 0 Å². The minimum absolute atomic E-state index is 0.245. The molecule has 2 heterocycles. The summed E-state index contributed by atoms with van der Waals surface area (Å²) in [4.78, 5) is 8.80. The molecule has 2 unspecified atom stereocenters. The SMILES string of the molecule is C#C/C(=C\N=C(N=NCCCc1ccc2ncccc2c1)C(=C)C)C12CC1C=NN2. The van der Waals surface area contributed by atoms with Gasteiger partial charge in [-0.25, -0.2) is 4.99 Å². The Hall–Kier alpha value is -3.59. The summed E-state index contributed by atoms with van der Waals surface area (Å²) in [6.45, 7) is 6.42. The maximum Gasteiger partial charge on any atom is 0.176 e. The third-order valence-corrected chi connectivity index (χ3v) is 5.42. The Bertz CT molecular complexity index is 1130. The Morgan fingerprint density at radius 1 is 1.43 bits per heavy atom. The molecular weight excluding hydrogens is 372 g/mol. The van der Waals surface area contributed by atoms with E-state index in [9.17, 15) is 0 Å². The standard InChI is InChI=1S/C24H24N6/c1-4-20(24-14-21(24)16-28-30-24)15-26-23(17(2)3)29-27-12-5-7-18-9-10-22-19(13-18)8-6-11-25-22/h1,6,8-11,13,15-16,21,30H,2,5,7,12,14H2,3H3/b20-15+,26-23?,29-27?. The lowest BCUT2D eigenvalue weighted by molar-refractivity contribution is 0.615. The predicted octanol–water partition coefficient (Wildman–Crippen LogP) is 4.46. The maximum atomic E-state index is 5.69. The molecule has 1 aromatic carbocycles. The van der Waals surface area contributed by atoms with Crippen molar-refractivity contribution < 1.29 is 0 Å². The summed E-state index contributed by atoms with van der Waals surface area (Å²) in [5.74, 6) is 3.58. The highest BCUT2D eigenvalue weighted by Gasteiger charge is 2.59. The molecule has 2 atom stereocenters. The molecule has 1 saturated carbocycles. The Morgan fingerprint density at radius 2 is 2.33 bits per heavy atom. The first kappa shape index (κ1) is 19.7. The van der Waals surface area contributed by atoms with Gasteiger partial charge < -0.3 is 0 Å². The Labute approximate surface area is 176 Å². The number of azo groups is 1. The number of hydrogen-bond acceptors (Lipinski definition) is 5. The van der Waals surface area contributed by atoms with Crippen molar-refractivity contribution in [3.8, 4) is 12.3 Å². The van der Waals surface area contributed by atoms with Gasteiger partial charge in [0.2, 0.25) is 0 Å². The van der Waals surface area contributed by atoms with E-state index in [2.05, 4.69) is 67.5 Å². The van der Waals surface area contributed by atoms with Gasteiger partial charge in [0.05, 0.1) is 17.6 Å². The number of pyridine rings is 1. The highest BCUT2D eigenvalue weighted by atomic mass is 15.4. The largest absolute Gasteiger partial charge is 0.298 e. The average Bonchev–Trinajstić information content (AvgIpc) is 3.31. The lowest BCUT2D eigenvalue weighted by Crippen LogP contribution is -2.27. The number of hydrazone groups is 1. The van der Waals surface area contributed by atoms with Crippen molar-refractivity contribution in [2.45, 2.75) is 31.7 Å². The van der Waals surface area contributed by atoms with Crippen molar-refractivity contribution in [1.29, 1.82) is 0 Å². The molecule has 1 aliphatic carbocycles. The van der Waals surface area contributed by atoms with E-state index in [-0.39, 0.29) is 5.54 Å². The highest BCUT2D eigenvalue weighted by Crippen LogP contribution is 2.50. The smallest absolute Gasteiger partial charge is 0.176 e. The van der Waals surface area contributed by atoms with Crippen LogP contribution in [0.25, 0.3) is 10.9 Å². The minimum Gasteiger partial charge on any atom is -0.298 e. The van der Waals surface area contributed by atoms with Crippen molar-refractivity contribution in [3.05, 3.63) is 66.0 Å². The van der Waals surface area contributed by atoms with Crippen LogP contribution in [0.15, 0.2) is 80.8 Å². The number of terminal acetylenes is 1. The first-order valence-corrected chi connectivity index (χ1v) is 10.0. The number of hydrogen-bond donors (Lipinski definition) is 1. The maximum absolute atomic E-state index is 5.69. The minimum atomic E-state index is -0.245. The van der Waals surface area contributed by atoms with Gasteiger partial charge in [-0.05, 0) is 55.5 Å². The van der Waals surface area contributed by atoms with Gasteiger partial charge in [-0.3, -0.25) is 10.4 Å². The Balaban J connectivity index is 1.35. The summed E-state index contributed by atoms with van der Waals surface area (Å²) >= 11 is 0. The van der Waals surface area contributed by atoms with Crippen LogP contribution in [0.3, 0.4) is 0 Å². The summed E-state index contributed by atoms with van der Waals surface area (Å²) < 4.78 is 0. The molecule has 150 valence electrons. The van der Waals surface area contributed by atoms with Gasteiger partial charge in [0.15, 0.2) is 5.84 Å². The number of nitrogens with zero attached hydrogens (tertiary/aromatic N) is 5. The van der Waals surface area contributed by atoms with Crippen LogP contribution in [0.2, 0.25) is 0 Å². The zero-order valence-electron chi connectivity index (χ0n) is 17.0. The van der Waals surface area contributed by atoms with Gasteiger partial charge in [0, 0.05) is 35.5 Å². The molecule has 0 saturated heterocycles. The molecule has 1 aliphatic heterocycles. The molecule has 0 spiro atoms. The number of aromatic nitrogens is 1. The van der Waals surface area contributed by atoms with Crippen molar-refractivity contribution >= 4 is 23.0 Å². The molecule has 2 aromatic rings. The molecule has 1 aromatic heterocycles. The van der Waals surface area contributed by atoms with Crippen molar-refractivity contribution in [1.82, 2.24) is 10.4 Å². The fourth-order valence-electron chi connectivity index (χ4n) is 3.59. The number of aliphatic imine (C=N–C) groups is 1. The van der Waals surface area contributed by atoms with Gasteiger partial charge in [0.1, 0.15) is 0 Å². The van der Waals surface area contributed by atoms with E-state index in [1.165, 1.54) is 5.56 Å². The first-order valence-electron chi connectivity index (χ1n) is 10.0. The fraction of sp³-hybridized carbons (Fsp3) is 0.292. The van der Waals surface area contributed by atoms with Crippen LogP contribution in [0.1, 0.15) is 25.3 Å². The number of fused-ring (bicyclic) bond motifs is 2. The zero-order valence-corrected chi connectivity index (χ0v) is 17.0. The van der Waals surface area contributed by atoms with Gasteiger partial charge in [-0.2, -0.15) is 10.2 Å². The van der Waals surface area contributed by atoms with E-state index in [4.69, 9.17) is 6.42 Å². The van der Waals surface area contributed by atoms with Crippen LogP contribution in [0, 0.1) is 18.3 Å². The van der Waals surface area contributed by atoms with E-state index in [0.29, 0.717) is 18.3 Å². The van der Waals surface area contributed by atoms with E-state index in [0.717, 1.165) is 41.3 Å². The van der Waals surface area contributed by atoms with Crippen molar-refractivity contribution in [2.75, 3.05) is 6.54 Å². The second-order valence-corrected chi connectivity index (χ2v) is 7.69. The molecule has 1 fully saturated rings. The summed E-state index contributed by atoms with van der Waals surface area (Å²) in [5.41, 5.74) is 6.67. The first-order chi connectivity index (χ1) is 14.6. The molecule has 1 N–H and O–H groups in total. The molecule has 0 radical (unpaired) electrons. The predicted molar refractivity (Wildman–Crippen MR) is 121 cm³/mol. The summed E-state index contributed by atoms with van der Waals surface area (Å²) in [5, 5.41) is 13.8. The molecule has 2 aliphatic rings. The lowest BCUT2D eigenvalue weighted by atomic mass is 10.1. The van der Waals surface area contributed by atoms with Crippen LogP contribution in [0.4, 0.5) is 0 Å². The normalized spacial score (nSPS) is 22.7. The van der Waals surface area contributed by atoms with Gasteiger partial charge >= 0.3 is 0 Å². The second-order valence-electron chi connectivity index (χ2n) is 7.69. The van der Waals surface area contributed by atoms with Crippen LogP contribution < -0.4 is 5.43 Å². The third kappa shape index (κ3) is 4.06. The molecule has 6 heteroatoms. The number of rotatable bonds is 7. The Morgan fingerprint density at radius 3 is 3.07 bits per heavy atom.